The van der Waals surface area contributed by atoms with Crippen molar-refractivity contribution in [1.29, 1.82) is 0 Å². The maximum atomic E-state index is 15.1. The molecule has 0 fully saturated rings. The molecule has 0 aliphatic heterocycles. The minimum absolute atomic E-state index is 0.110. The van der Waals surface area contributed by atoms with Gasteiger partial charge in [-0.25, -0.2) is 12.8 Å². The minimum atomic E-state index is -4.39. The highest BCUT2D eigenvalue weighted by Gasteiger charge is 2.35. The number of hydrogen-bond donors (Lipinski definition) is 1. The van der Waals surface area contributed by atoms with E-state index in [1.807, 2.05) is 20.8 Å². The highest BCUT2D eigenvalue weighted by molar-refractivity contribution is 7.92. The lowest BCUT2D eigenvalue weighted by Gasteiger charge is -2.33. The summed E-state index contributed by atoms with van der Waals surface area (Å²) in [5.41, 5.74) is 0.936. The number of aryl methyl sites for hydroxylation is 1. The Kier molecular flexibility index (Phi) is 11.2. The van der Waals surface area contributed by atoms with Crippen LogP contribution in [0, 0.1) is 18.7 Å². The molecule has 3 aromatic rings. The van der Waals surface area contributed by atoms with Crippen LogP contribution in [0.4, 0.5) is 10.1 Å². The van der Waals surface area contributed by atoms with Crippen molar-refractivity contribution in [2.24, 2.45) is 5.92 Å². The van der Waals surface area contributed by atoms with E-state index in [1.54, 1.807) is 37.3 Å². The van der Waals surface area contributed by atoms with Gasteiger partial charge in [0, 0.05) is 28.7 Å². The molecule has 0 saturated carbocycles. The smallest absolute Gasteiger partial charge is 0.264 e. The number of nitrogens with one attached hydrogen (secondary N) is 1. The number of amides is 2. The van der Waals surface area contributed by atoms with Crippen LogP contribution in [0.15, 0.2) is 71.6 Å². The van der Waals surface area contributed by atoms with Gasteiger partial charge in [0.25, 0.3) is 10.0 Å². The molecule has 1 N–H and O–H groups in total. The lowest BCUT2D eigenvalue weighted by Crippen LogP contribution is -2.52. The van der Waals surface area contributed by atoms with Gasteiger partial charge in [-0.2, -0.15) is 0 Å². The molecule has 0 aliphatic rings. The van der Waals surface area contributed by atoms with E-state index in [1.165, 1.54) is 35.2 Å². The van der Waals surface area contributed by atoms with Gasteiger partial charge in [-0.05, 0) is 55.7 Å². The molecule has 3 aromatic carbocycles. The fourth-order valence-corrected chi connectivity index (χ4v) is 6.14. The zero-order valence-electron chi connectivity index (χ0n) is 23.4. The summed E-state index contributed by atoms with van der Waals surface area (Å²) in [6.45, 7) is 6.88. The molecular formula is C30H34Cl2FN3O4S. The van der Waals surface area contributed by atoms with Crippen LogP contribution in [0.3, 0.4) is 0 Å². The van der Waals surface area contributed by atoms with Crippen molar-refractivity contribution in [2.45, 2.75) is 51.6 Å². The number of carbonyl (C=O) groups excluding carboxylic acids is 2. The fraction of sp³-hybridized carbons (Fsp3) is 0.333. The number of anilines is 1. The predicted octanol–water partition coefficient (Wildman–Crippen LogP) is 6.22. The largest absolute Gasteiger partial charge is 0.354 e. The number of sulfonamides is 1. The van der Waals surface area contributed by atoms with E-state index in [4.69, 9.17) is 23.2 Å². The quantitative estimate of drug-likeness (QED) is 0.260. The Balaban J connectivity index is 2.10. The Morgan fingerprint density at radius 2 is 1.56 bits per heavy atom. The van der Waals surface area contributed by atoms with E-state index in [0.717, 1.165) is 15.9 Å². The third-order valence-electron chi connectivity index (χ3n) is 6.47. The number of halogens is 3. The molecule has 3 rings (SSSR count). The third-order valence-corrected chi connectivity index (χ3v) is 8.95. The molecule has 0 heterocycles. The van der Waals surface area contributed by atoms with Gasteiger partial charge in [-0.15, -0.1) is 0 Å². The molecule has 220 valence electrons. The summed E-state index contributed by atoms with van der Waals surface area (Å²) >= 11 is 12.8. The number of benzene rings is 3. The summed E-state index contributed by atoms with van der Waals surface area (Å²) < 4.78 is 43.5. The maximum Gasteiger partial charge on any atom is 0.264 e. The van der Waals surface area contributed by atoms with Gasteiger partial charge in [0.1, 0.15) is 18.4 Å². The number of carbonyl (C=O) groups is 2. The first-order valence-corrected chi connectivity index (χ1v) is 15.4. The van der Waals surface area contributed by atoms with Gasteiger partial charge < -0.3 is 10.2 Å². The molecule has 1 unspecified atom stereocenters. The Bertz CT molecular complexity index is 1460. The molecule has 0 radical (unpaired) electrons. The van der Waals surface area contributed by atoms with Gasteiger partial charge in [0.15, 0.2) is 0 Å². The third kappa shape index (κ3) is 7.99. The van der Waals surface area contributed by atoms with Crippen LogP contribution in [0.2, 0.25) is 10.0 Å². The van der Waals surface area contributed by atoms with Crippen molar-refractivity contribution < 1.29 is 22.4 Å². The van der Waals surface area contributed by atoms with Crippen molar-refractivity contribution in [2.75, 3.05) is 17.4 Å². The Morgan fingerprint density at radius 1 is 0.951 bits per heavy atom. The summed E-state index contributed by atoms with van der Waals surface area (Å²) in [5.74, 6) is -1.80. The summed E-state index contributed by atoms with van der Waals surface area (Å²) in [6.07, 6.45) is 0.224. The number of nitrogens with zero attached hydrogens (tertiary/aromatic N) is 2. The molecule has 0 aliphatic carbocycles. The number of rotatable bonds is 12. The van der Waals surface area contributed by atoms with Gasteiger partial charge >= 0.3 is 0 Å². The van der Waals surface area contributed by atoms with E-state index in [0.29, 0.717) is 12.1 Å². The van der Waals surface area contributed by atoms with Gasteiger partial charge in [-0.1, -0.05) is 79.9 Å². The zero-order valence-corrected chi connectivity index (χ0v) is 25.7. The summed E-state index contributed by atoms with van der Waals surface area (Å²) in [5, 5.41) is 3.41. The number of hydrogen-bond acceptors (Lipinski definition) is 4. The van der Waals surface area contributed by atoms with E-state index in [2.05, 4.69) is 5.32 Å². The molecule has 0 bridgehead atoms. The summed E-state index contributed by atoms with van der Waals surface area (Å²) in [4.78, 5) is 28.5. The maximum absolute atomic E-state index is 15.1. The lowest BCUT2D eigenvalue weighted by atomic mass is 10.1. The monoisotopic (exact) mass is 621 g/mol. The highest BCUT2D eigenvalue weighted by Crippen LogP contribution is 2.29. The first-order valence-electron chi connectivity index (χ1n) is 13.2. The van der Waals surface area contributed by atoms with Crippen molar-refractivity contribution in [3.63, 3.8) is 0 Å². The van der Waals surface area contributed by atoms with Gasteiger partial charge in [0.05, 0.1) is 10.6 Å². The molecular weight excluding hydrogens is 588 g/mol. The normalized spacial score (nSPS) is 12.2. The van der Waals surface area contributed by atoms with Crippen molar-refractivity contribution in [3.05, 3.63) is 93.7 Å². The molecule has 41 heavy (non-hydrogen) atoms. The highest BCUT2D eigenvalue weighted by atomic mass is 35.5. The second-order valence-corrected chi connectivity index (χ2v) is 12.7. The first kappa shape index (κ1) is 32.4. The van der Waals surface area contributed by atoms with Gasteiger partial charge in [-0.3, -0.25) is 13.9 Å². The topological polar surface area (TPSA) is 86.8 Å². The molecule has 1 atom stereocenters. The zero-order chi connectivity index (χ0) is 30.3. The van der Waals surface area contributed by atoms with Crippen LogP contribution in [-0.4, -0.2) is 44.3 Å². The summed E-state index contributed by atoms with van der Waals surface area (Å²) in [7, 11) is -4.39. The molecule has 0 aromatic heterocycles. The van der Waals surface area contributed by atoms with Crippen LogP contribution in [0.25, 0.3) is 0 Å². The Hall–Kier alpha value is -3.14. The van der Waals surface area contributed by atoms with Gasteiger partial charge in [0.2, 0.25) is 11.8 Å². The second-order valence-electron chi connectivity index (χ2n) is 10.1. The molecule has 0 saturated heterocycles. The lowest BCUT2D eigenvalue weighted by molar-refractivity contribution is -0.140. The first-order chi connectivity index (χ1) is 19.4. The molecule has 2 amide bonds. The van der Waals surface area contributed by atoms with Crippen LogP contribution in [0.5, 0.6) is 0 Å². The minimum Gasteiger partial charge on any atom is -0.354 e. The van der Waals surface area contributed by atoms with Crippen LogP contribution in [0.1, 0.15) is 38.3 Å². The van der Waals surface area contributed by atoms with Crippen molar-refractivity contribution in [1.82, 2.24) is 10.2 Å². The fourth-order valence-electron chi connectivity index (χ4n) is 4.20. The average Bonchev–Trinajstić information content (AvgIpc) is 2.92. The standard InChI is InChI=1S/C30H34Cl2FN3O4S/c1-5-27(30(38)34-17-20(2)3)35(18-23-24(31)9-8-10-25(23)32)29(37)19-36(28-12-7-6-11-26(28)33)41(39,40)22-15-13-21(4)14-16-22/h6-16,20,27H,5,17-19H2,1-4H3,(H,34,38). The molecule has 11 heteroatoms. The van der Waals surface area contributed by atoms with Crippen LogP contribution < -0.4 is 9.62 Å². The molecule has 7 nitrogen and oxygen atoms in total. The second kappa shape index (κ2) is 14.2. The van der Waals surface area contributed by atoms with E-state index in [9.17, 15) is 18.0 Å². The van der Waals surface area contributed by atoms with Crippen LogP contribution in [-0.2, 0) is 26.2 Å². The van der Waals surface area contributed by atoms with E-state index in [-0.39, 0.29) is 39.5 Å². The summed E-state index contributed by atoms with van der Waals surface area (Å²) in [6, 6.07) is 15.3. The van der Waals surface area contributed by atoms with E-state index >= 15 is 4.39 Å². The van der Waals surface area contributed by atoms with E-state index < -0.39 is 40.2 Å². The SMILES string of the molecule is CCC(C(=O)NCC(C)C)N(Cc1c(Cl)cccc1Cl)C(=O)CN(c1ccccc1F)S(=O)(=O)c1ccc(C)cc1. The predicted molar refractivity (Wildman–Crippen MR) is 161 cm³/mol. The van der Waals surface area contributed by atoms with Crippen molar-refractivity contribution in [3.8, 4) is 0 Å². The number of para-hydroxylation sites is 1. The van der Waals surface area contributed by atoms with Crippen LogP contribution >= 0.6 is 23.2 Å². The Morgan fingerprint density at radius 3 is 2.12 bits per heavy atom. The average molecular weight is 623 g/mol. The van der Waals surface area contributed by atoms with Crippen molar-refractivity contribution >= 4 is 50.7 Å². The molecule has 0 spiro atoms. The Labute approximate surface area is 251 Å².